The first-order chi connectivity index (χ1) is 11.9. The zero-order valence-electron chi connectivity index (χ0n) is 15.5. The molecule has 3 N–H and O–H groups in total. The highest BCUT2D eigenvalue weighted by molar-refractivity contribution is 5.97. The number of hydrogen-bond donors (Lipinski definition) is 2. The molecule has 0 aliphatic carbocycles. The number of hydrogen-bond acceptors (Lipinski definition) is 4. The van der Waals surface area contributed by atoms with Crippen LogP contribution in [0.5, 0.6) is 0 Å². The van der Waals surface area contributed by atoms with Crippen LogP contribution in [0.15, 0.2) is 24.3 Å². The molecule has 26 heavy (non-hydrogen) atoms. The first-order valence-corrected chi connectivity index (χ1v) is 9.07. The average molecular weight is 381 g/mol. The van der Waals surface area contributed by atoms with E-state index in [0.717, 1.165) is 43.9 Å². The molecule has 6 nitrogen and oxygen atoms in total. The van der Waals surface area contributed by atoms with Gasteiger partial charge in [0.05, 0.1) is 6.04 Å². The molecule has 0 aromatic heterocycles. The molecular weight excluding hydrogens is 352 g/mol. The highest BCUT2D eigenvalue weighted by Crippen LogP contribution is 2.30. The van der Waals surface area contributed by atoms with E-state index in [0.29, 0.717) is 13.0 Å². The van der Waals surface area contributed by atoms with E-state index in [-0.39, 0.29) is 35.7 Å². The predicted molar refractivity (Wildman–Crippen MR) is 107 cm³/mol. The third-order valence-corrected chi connectivity index (χ3v) is 5.53. The van der Waals surface area contributed by atoms with Gasteiger partial charge in [0, 0.05) is 30.9 Å². The van der Waals surface area contributed by atoms with Gasteiger partial charge in [-0.05, 0) is 62.5 Å². The van der Waals surface area contributed by atoms with E-state index in [1.54, 1.807) is 4.90 Å². The van der Waals surface area contributed by atoms with E-state index in [9.17, 15) is 9.59 Å². The van der Waals surface area contributed by atoms with Crippen molar-refractivity contribution in [3.05, 3.63) is 24.3 Å². The summed E-state index contributed by atoms with van der Waals surface area (Å²) >= 11 is 0. The maximum Gasteiger partial charge on any atom is 0.241 e. The van der Waals surface area contributed by atoms with Gasteiger partial charge in [0.25, 0.3) is 0 Å². The molecule has 2 amide bonds. The van der Waals surface area contributed by atoms with Crippen LogP contribution in [-0.4, -0.2) is 48.9 Å². The van der Waals surface area contributed by atoms with Crippen molar-refractivity contribution in [2.45, 2.75) is 39.2 Å². The zero-order valence-corrected chi connectivity index (χ0v) is 16.3. The molecule has 0 saturated carbocycles. The number of carbonyl (C=O) groups excluding carboxylic acids is 2. The van der Waals surface area contributed by atoms with Gasteiger partial charge in [0.1, 0.15) is 0 Å². The summed E-state index contributed by atoms with van der Waals surface area (Å²) in [5.41, 5.74) is 7.61. The van der Waals surface area contributed by atoms with E-state index < -0.39 is 0 Å². The number of likely N-dealkylation sites (tertiary alicyclic amines) is 1. The van der Waals surface area contributed by atoms with Crippen LogP contribution in [0.3, 0.4) is 0 Å². The minimum Gasteiger partial charge on any atom is -0.330 e. The van der Waals surface area contributed by atoms with Gasteiger partial charge in [-0.2, -0.15) is 0 Å². The smallest absolute Gasteiger partial charge is 0.241 e. The predicted octanol–water partition coefficient (Wildman–Crippen LogP) is 2.23. The number of amides is 2. The molecule has 0 bridgehead atoms. The maximum atomic E-state index is 12.5. The van der Waals surface area contributed by atoms with Crippen LogP contribution in [0.25, 0.3) is 0 Å². The number of halogens is 1. The molecule has 2 saturated heterocycles. The van der Waals surface area contributed by atoms with Crippen LogP contribution < -0.4 is 16.0 Å². The molecule has 2 heterocycles. The largest absolute Gasteiger partial charge is 0.330 e. The molecule has 2 unspecified atom stereocenters. The number of carbonyl (C=O) groups is 2. The van der Waals surface area contributed by atoms with Crippen molar-refractivity contribution in [3.63, 3.8) is 0 Å². The number of anilines is 2. The lowest BCUT2D eigenvalue weighted by atomic mass is 9.90. The highest BCUT2D eigenvalue weighted by atomic mass is 35.5. The fourth-order valence-electron chi connectivity index (χ4n) is 3.62. The number of nitrogens with zero attached hydrogens (tertiary/aromatic N) is 2. The summed E-state index contributed by atoms with van der Waals surface area (Å²) in [6.07, 6.45) is 2.56. The van der Waals surface area contributed by atoms with E-state index in [1.807, 2.05) is 31.2 Å². The van der Waals surface area contributed by atoms with Crippen LogP contribution in [-0.2, 0) is 9.59 Å². The second-order valence-electron chi connectivity index (χ2n) is 7.60. The highest BCUT2D eigenvalue weighted by Gasteiger charge is 2.36. The number of rotatable bonds is 5. The Kier molecular flexibility index (Phi) is 6.66. The minimum atomic E-state index is -0.187. The molecule has 0 spiro atoms. The lowest BCUT2D eigenvalue weighted by Crippen LogP contribution is -2.42. The molecule has 7 heteroatoms. The van der Waals surface area contributed by atoms with Crippen LogP contribution in [0.4, 0.5) is 11.4 Å². The fourth-order valence-corrected chi connectivity index (χ4v) is 3.62. The Morgan fingerprint density at radius 1 is 1.31 bits per heavy atom. The molecule has 2 aliphatic heterocycles. The minimum absolute atomic E-state index is 0. The van der Waals surface area contributed by atoms with Crippen LogP contribution in [0, 0.1) is 5.41 Å². The van der Waals surface area contributed by atoms with Gasteiger partial charge in [0.2, 0.25) is 11.8 Å². The summed E-state index contributed by atoms with van der Waals surface area (Å²) in [6.45, 7) is 7.29. The van der Waals surface area contributed by atoms with Gasteiger partial charge < -0.3 is 16.0 Å². The van der Waals surface area contributed by atoms with Crippen molar-refractivity contribution >= 4 is 35.6 Å². The number of nitrogens with two attached hydrogens (primary N) is 1. The Bertz CT molecular complexity index is 651. The van der Waals surface area contributed by atoms with Gasteiger partial charge in [-0.15, -0.1) is 12.4 Å². The van der Waals surface area contributed by atoms with Gasteiger partial charge in [0.15, 0.2) is 0 Å². The molecule has 2 aliphatic rings. The quantitative estimate of drug-likeness (QED) is 0.821. The van der Waals surface area contributed by atoms with Crippen molar-refractivity contribution in [2.75, 3.05) is 36.4 Å². The number of nitrogens with one attached hydrogen (secondary N) is 1. The summed E-state index contributed by atoms with van der Waals surface area (Å²) < 4.78 is 0. The third-order valence-electron chi connectivity index (χ3n) is 5.53. The van der Waals surface area contributed by atoms with E-state index in [1.165, 1.54) is 0 Å². The Labute approximate surface area is 161 Å². The normalized spacial score (nSPS) is 24.4. The van der Waals surface area contributed by atoms with E-state index in [4.69, 9.17) is 5.73 Å². The molecule has 1 aromatic rings. The average Bonchev–Trinajstić information content (AvgIpc) is 3.21. The molecule has 144 valence electrons. The van der Waals surface area contributed by atoms with Crippen LogP contribution in [0.2, 0.25) is 0 Å². The Morgan fingerprint density at radius 2 is 2.00 bits per heavy atom. The Morgan fingerprint density at radius 3 is 2.54 bits per heavy atom. The monoisotopic (exact) mass is 380 g/mol. The lowest BCUT2D eigenvalue weighted by molar-refractivity contribution is -0.120. The van der Waals surface area contributed by atoms with Crippen molar-refractivity contribution in [3.8, 4) is 0 Å². The van der Waals surface area contributed by atoms with Crippen molar-refractivity contribution in [2.24, 2.45) is 11.1 Å². The SMILES string of the molecule is CC(C(=O)Nc1ccc(N2CCCC2=O)cc1)N1CCC(C)(CN)C1.Cl. The van der Waals surface area contributed by atoms with Crippen LogP contribution >= 0.6 is 12.4 Å². The van der Waals surface area contributed by atoms with E-state index in [2.05, 4.69) is 17.1 Å². The zero-order chi connectivity index (χ0) is 18.0. The molecule has 2 fully saturated rings. The van der Waals surface area contributed by atoms with Crippen molar-refractivity contribution in [1.82, 2.24) is 4.90 Å². The van der Waals surface area contributed by atoms with E-state index >= 15 is 0 Å². The fraction of sp³-hybridized carbons (Fsp3) is 0.579. The van der Waals surface area contributed by atoms with Crippen molar-refractivity contribution in [1.29, 1.82) is 0 Å². The molecule has 2 atom stereocenters. The molecular formula is C19H29ClN4O2. The van der Waals surface area contributed by atoms with Crippen molar-refractivity contribution < 1.29 is 9.59 Å². The van der Waals surface area contributed by atoms with Gasteiger partial charge in [-0.25, -0.2) is 0 Å². The first kappa shape index (κ1) is 20.7. The maximum absolute atomic E-state index is 12.5. The van der Waals surface area contributed by atoms with Crippen LogP contribution in [0.1, 0.15) is 33.1 Å². The Balaban J connectivity index is 0.00000243. The number of benzene rings is 1. The molecule has 1 aromatic carbocycles. The third kappa shape index (κ3) is 4.37. The molecule has 3 rings (SSSR count). The standard InChI is InChI=1S/C19H28N4O2.ClH/c1-14(22-11-9-19(2,12-20)13-22)18(25)21-15-5-7-16(8-6-15)23-10-3-4-17(23)24;/h5-8,14H,3-4,9-13,20H2,1-2H3,(H,21,25);1H. The summed E-state index contributed by atoms with van der Waals surface area (Å²) in [5.74, 6) is 0.161. The Hall–Kier alpha value is -1.63. The topological polar surface area (TPSA) is 78.7 Å². The second kappa shape index (κ2) is 8.37. The first-order valence-electron chi connectivity index (χ1n) is 9.07. The summed E-state index contributed by atoms with van der Waals surface area (Å²) in [5, 5.41) is 2.98. The summed E-state index contributed by atoms with van der Waals surface area (Å²) in [4.78, 5) is 28.3. The summed E-state index contributed by atoms with van der Waals surface area (Å²) in [6, 6.07) is 7.32. The summed E-state index contributed by atoms with van der Waals surface area (Å²) in [7, 11) is 0. The van der Waals surface area contributed by atoms with Gasteiger partial charge in [-0.3, -0.25) is 14.5 Å². The van der Waals surface area contributed by atoms with Gasteiger partial charge >= 0.3 is 0 Å². The lowest BCUT2D eigenvalue weighted by Gasteiger charge is -2.26. The second-order valence-corrected chi connectivity index (χ2v) is 7.60. The van der Waals surface area contributed by atoms with Gasteiger partial charge in [-0.1, -0.05) is 6.92 Å². The molecule has 0 radical (unpaired) electrons.